The van der Waals surface area contributed by atoms with E-state index >= 15 is 0 Å². The van der Waals surface area contributed by atoms with Crippen molar-refractivity contribution in [3.8, 4) is 12.3 Å². The smallest absolute Gasteiger partial charge is 0.303 e. The fourth-order valence-corrected chi connectivity index (χ4v) is 1.39. The second kappa shape index (κ2) is 6.93. The van der Waals surface area contributed by atoms with Crippen LogP contribution in [0.5, 0.6) is 0 Å². The van der Waals surface area contributed by atoms with Gasteiger partial charge in [0.1, 0.15) is 0 Å². The van der Waals surface area contributed by atoms with Crippen molar-refractivity contribution in [2.75, 3.05) is 0 Å². The normalized spacial score (nSPS) is 13.4. The Bertz CT molecular complexity index is 418. The Morgan fingerprint density at radius 1 is 1.39 bits per heavy atom. The maximum Gasteiger partial charge on any atom is 0.303 e. The molecule has 1 rings (SSSR count). The Hall–Kier alpha value is -1.66. The van der Waals surface area contributed by atoms with Crippen LogP contribution >= 0.6 is 0 Å². The van der Waals surface area contributed by atoms with Gasteiger partial charge in [-0.15, -0.1) is 6.42 Å². The predicted molar refractivity (Wildman–Crippen MR) is 68.2 cm³/mol. The van der Waals surface area contributed by atoms with Crippen molar-refractivity contribution in [1.82, 2.24) is 0 Å². The highest BCUT2D eigenvalue weighted by Gasteiger charge is 2.36. The van der Waals surface area contributed by atoms with Gasteiger partial charge in [0.2, 0.25) is 0 Å². The Kier molecular flexibility index (Phi) is 5.54. The lowest BCUT2D eigenvalue weighted by atomic mass is 10.1. The molecule has 0 N–H and O–H groups in total. The third-order valence-corrected chi connectivity index (χ3v) is 2.34. The van der Waals surface area contributed by atoms with Crippen molar-refractivity contribution in [3.05, 3.63) is 48.0 Å². The van der Waals surface area contributed by atoms with E-state index in [-0.39, 0.29) is 6.61 Å². The first-order valence-electron chi connectivity index (χ1n) is 5.77. The summed E-state index contributed by atoms with van der Waals surface area (Å²) in [7, 11) is 0. The third-order valence-electron chi connectivity index (χ3n) is 2.34. The number of halogens is 2. The topological polar surface area (TPSA) is 9.23 Å². The molecule has 1 nitrogen and oxygen atoms in total. The molecule has 96 valence electrons. The van der Waals surface area contributed by atoms with Crippen LogP contribution in [0.1, 0.15) is 18.9 Å². The van der Waals surface area contributed by atoms with Gasteiger partial charge >= 0.3 is 5.92 Å². The van der Waals surface area contributed by atoms with Gasteiger partial charge in [-0.1, -0.05) is 49.3 Å². The minimum absolute atomic E-state index is 0.0747. The summed E-state index contributed by atoms with van der Waals surface area (Å²) < 4.78 is 32.3. The standard InChI is InChI=1S/C15H16F2O/c1-3-5-11-15(16,17)14(4-2)18-12-13-9-7-6-8-10-13/h2,5-11,14H,3,12H2,1H3/b11-5+. The molecular weight excluding hydrogens is 234 g/mol. The zero-order valence-corrected chi connectivity index (χ0v) is 10.3. The fraction of sp³-hybridized carbons (Fsp3) is 0.333. The SMILES string of the molecule is C#CC(OCc1ccccc1)C(F)(F)/C=C/CC. The zero-order chi connectivity index (χ0) is 13.4. The van der Waals surface area contributed by atoms with Crippen molar-refractivity contribution in [3.63, 3.8) is 0 Å². The van der Waals surface area contributed by atoms with Crippen molar-refractivity contribution in [2.45, 2.75) is 32.0 Å². The lowest BCUT2D eigenvalue weighted by Gasteiger charge is -2.20. The molecule has 0 aliphatic rings. The fourth-order valence-electron chi connectivity index (χ4n) is 1.39. The molecule has 0 aromatic heterocycles. The average Bonchev–Trinajstić information content (AvgIpc) is 2.38. The first-order valence-corrected chi connectivity index (χ1v) is 5.77. The first-order chi connectivity index (χ1) is 8.60. The van der Waals surface area contributed by atoms with Crippen molar-refractivity contribution in [2.24, 2.45) is 0 Å². The van der Waals surface area contributed by atoms with Gasteiger partial charge in [0.05, 0.1) is 6.61 Å². The Morgan fingerprint density at radius 3 is 2.61 bits per heavy atom. The summed E-state index contributed by atoms with van der Waals surface area (Å²) in [5.74, 6) is -1.14. The number of alkyl halides is 2. The third kappa shape index (κ3) is 4.31. The lowest BCUT2D eigenvalue weighted by Crippen LogP contribution is -2.32. The number of hydrogen-bond acceptors (Lipinski definition) is 1. The molecule has 1 aromatic rings. The maximum absolute atomic E-state index is 13.6. The highest BCUT2D eigenvalue weighted by Crippen LogP contribution is 2.24. The molecule has 0 aliphatic carbocycles. The number of terminal acetylenes is 1. The number of hydrogen-bond donors (Lipinski definition) is 0. The van der Waals surface area contributed by atoms with Gasteiger partial charge in [-0.2, -0.15) is 8.78 Å². The van der Waals surface area contributed by atoms with Crippen LogP contribution in [0.15, 0.2) is 42.5 Å². The molecule has 0 saturated heterocycles. The van der Waals surface area contributed by atoms with E-state index in [1.54, 1.807) is 19.1 Å². The van der Waals surface area contributed by atoms with Crippen LogP contribution in [-0.2, 0) is 11.3 Å². The van der Waals surface area contributed by atoms with Crippen molar-refractivity contribution >= 4 is 0 Å². The second-order valence-electron chi connectivity index (χ2n) is 3.83. The first kappa shape index (κ1) is 14.4. The largest absolute Gasteiger partial charge is 0.354 e. The van der Waals surface area contributed by atoms with Crippen LogP contribution in [0.25, 0.3) is 0 Å². The molecule has 1 aromatic carbocycles. The molecule has 0 spiro atoms. The second-order valence-corrected chi connectivity index (χ2v) is 3.83. The molecule has 0 bridgehead atoms. The van der Waals surface area contributed by atoms with Gasteiger partial charge in [0, 0.05) is 0 Å². The molecule has 18 heavy (non-hydrogen) atoms. The molecular formula is C15H16F2O. The van der Waals surface area contributed by atoms with Gasteiger partial charge in [0.15, 0.2) is 6.10 Å². The van der Waals surface area contributed by atoms with Crippen LogP contribution in [0, 0.1) is 12.3 Å². The monoisotopic (exact) mass is 250 g/mol. The molecule has 1 atom stereocenters. The summed E-state index contributed by atoms with van der Waals surface area (Å²) in [6.45, 7) is 1.85. The summed E-state index contributed by atoms with van der Waals surface area (Å²) >= 11 is 0. The molecule has 3 heteroatoms. The van der Waals surface area contributed by atoms with Crippen LogP contribution in [0.3, 0.4) is 0 Å². The van der Waals surface area contributed by atoms with E-state index in [2.05, 4.69) is 0 Å². The number of rotatable bonds is 6. The van der Waals surface area contributed by atoms with Crippen molar-refractivity contribution < 1.29 is 13.5 Å². The Morgan fingerprint density at radius 2 is 2.06 bits per heavy atom. The summed E-state index contributed by atoms with van der Waals surface area (Å²) in [6, 6.07) is 9.08. The van der Waals surface area contributed by atoms with E-state index in [0.29, 0.717) is 6.42 Å². The number of allylic oxidation sites excluding steroid dienone is 1. The van der Waals surface area contributed by atoms with E-state index in [4.69, 9.17) is 11.2 Å². The van der Waals surface area contributed by atoms with E-state index < -0.39 is 12.0 Å². The van der Waals surface area contributed by atoms with E-state index in [1.807, 2.05) is 24.1 Å². The molecule has 0 amide bonds. The molecule has 0 fully saturated rings. The Labute approximate surface area is 106 Å². The van der Waals surface area contributed by atoms with Gasteiger partial charge in [0.25, 0.3) is 0 Å². The van der Waals surface area contributed by atoms with Gasteiger partial charge in [-0.3, -0.25) is 0 Å². The zero-order valence-electron chi connectivity index (χ0n) is 10.3. The van der Waals surface area contributed by atoms with Gasteiger partial charge in [-0.05, 0) is 18.1 Å². The molecule has 0 saturated carbocycles. The van der Waals surface area contributed by atoms with Gasteiger partial charge < -0.3 is 4.74 Å². The van der Waals surface area contributed by atoms with E-state index in [9.17, 15) is 8.78 Å². The summed E-state index contributed by atoms with van der Waals surface area (Å²) in [6.07, 6.45) is 6.29. The summed E-state index contributed by atoms with van der Waals surface area (Å²) in [5, 5.41) is 0. The summed E-state index contributed by atoms with van der Waals surface area (Å²) in [4.78, 5) is 0. The van der Waals surface area contributed by atoms with Crippen molar-refractivity contribution in [1.29, 1.82) is 0 Å². The predicted octanol–water partition coefficient (Wildman–Crippen LogP) is 3.81. The lowest BCUT2D eigenvalue weighted by molar-refractivity contribution is -0.0831. The minimum Gasteiger partial charge on any atom is -0.354 e. The van der Waals surface area contributed by atoms with Crippen LogP contribution in [-0.4, -0.2) is 12.0 Å². The number of benzene rings is 1. The Balaban J connectivity index is 2.63. The highest BCUT2D eigenvalue weighted by molar-refractivity contribution is 5.15. The van der Waals surface area contributed by atoms with E-state index in [0.717, 1.165) is 11.6 Å². The summed E-state index contributed by atoms with van der Waals surface area (Å²) in [5.41, 5.74) is 0.813. The quantitative estimate of drug-likeness (QED) is 0.551. The maximum atomic E-state index is 13.6. The molecule has 0 radical (unpaired) electrons. The number of ether oxygens (including phenoxy) is 1. The van der Waals surface area contributed by atoms with E-state index in [1.165, 1.54) is 6.08 Å². The average molecular weight is 250 g/mol. The van der Waals surface area contributed by atoms with Crippen LogP contribution < -0.4 is 0 Å². The molecule has 0 aliphatic heterocycles. The van der Waals surface area contributed by atoms with Gasteiger partial charge in [-0.25, -0.2) is 0 Å². The highest BCUT2D eigenvalue weighted by atomic mass is 19.3. The van der Waals surface area contributed by atoms with Crippen LogP contribution in [0.2, 0.25) is 0 Å². The van der Waals surface area contributed by atoms with Crippen LogP contribution in [0.4, 0.5) is 8.78 Å². The molecule has 0 heterocycles. The minimum atomic E-state index is -3.14. The molecule has 1 unspecified atom stereocenters.